The molecule has 0 unspecified atom stereocenters. The fraction of sp³-hybridized carbons (Fsp3) is 0.600. The number of nitrogens with zero attached hydrogens (tertiary/aromatic N) is 2. The number of aromatic hydroxyl groups is 2. The lowest BCUT2D eigenvalue weighted by atomic mass is 9.97. The van der Waals surface area contributed by atoms with Crippen LogP contribution in [0.5, 0.6) is 11.5 Å². The van der Waals surface area contributed by atoms with Crippen LogP contribution in [0.4, 0.5) is 5.69 Å². The maximum atomic E-state index is 11.1. The maximum absolute atomic E-state index is 11.1. The molecule has 3 rings (SSSR count). The summed E-state index contributed by atoms with van der Waals surface area (Å²) in [5, 5.41) is 33.9. The van der Waals surface area contributed by atoms with Gasteiger partial charge in [-0.05, 0) is 24.0 Å². The van der Waals surface area contributed by atoms with Crippen molar-refractivity contribution >= 4 is 30.5 Å². The molecule has 2 aliphatic rings. The Balaban J connectivity index is 0.00000144. The molecular formula is C15H23Cl2N3O4. The number of nitro groups is 1. The van der Waals surface area contributed by atoms with Crippen molar-refractivity contribution in [1.82, 2.24) is 10.2 Å². The molecule has 1 aromatic rings. The lowest BCUT2D eigenvalue weighted by Gasteiger charge is -2.35. The summed E-state index contributed by atoms with van der Waals surface area (Å²) < 4.78 is 0. The Kier molecular flexibility index (Phi) is 7.54. The van der Waals surface area contributed by atoms with Crippen LogP contribution in [0.15, 0.2) is 12.1 Å². The van der Waals surface area contributed by atoms with Crippen molar-refractivity contribution < 1.29 is 15.1 Å². The van der Waals surface area contributed by atoms with Crippen LogP contribution < -0.4 is 5.32 Å². The van der Waals surface area contributed by atoms with E-state index in [-0.39, 0.29) is 30.9 Å². The van der Waals surface area contributed by atoms with Crippen LogP contribution in [-0.2, 0) is 0 Å². The maximum Gasteiger partial charge on any atom is 0.314 e. The van der Waals surface area contributed by atoms with Gasteiger partial charge in [0.25, 0.3) is 0 Å². The summed E-state index contributed by atoms with van der Waals surface area (Å²) >= 11 is 0. The molecule has 0 bridgehead atoms. The molecule has 9 heteroatoms. The number of nitrogens with one attached hydrogen (secondary N) is 1. The second-order valence-electron chi connectivity index (χ2n) is 6.15. The molecule has 1 aliphatic heterocycles. The molecule has 1 saturated carbocycles. The topological polar surface area (TPSA) is 98.9 Å². The van der Waals surface area contributed by atoms with E-state index >= 15 is 0 Å². The van der Waals surface area contributed by atoms with E-state index in [1.807, 2.05) is 0 Å². The van der Waals surface area contributed by atoms with E-state index in [2.05, 4.69) is 10.2 Å². The molecule has 24 heavy (non-hydrogen) atoms. The molecule has 2 fully saturated rings. The van der Waals surface area contributed by atoms with E-state index in [0.29, 0.717) is 5.92 Å². The minimum atomic E-state index is -0.653. The van der Waals surface area contributed by atoms with Crippen molar-refractivity contribution in [1.29, 1.82) is 0 Å². The Labute approximate surface area is 153 Å². The number of halogens is 2. The number of phenols is 2. The van der Waals surface area contributed by atoms with Crippen LogP contribution >= 0.6 is 24.8 Å². The second kappa shape index (κ2) is 8.71. The van der Waals surface area contributed by atoms with Crippen LogP contribution in [0.2, 0.25) is 0 Å². The Morgan fingerprint density at radius 3 is 2.42 bits per heavy atom. The molecule has 0 amide bonds. The van der Waals surface area contributed by atoms with Gasteiger partial charge >= 0.3 is 5.69 Å². The van der Waals surface area contributed by atoms with E-state index in [4.69, 9.17) is 0 Å². The summed E-state index contributed by atoms with van der Waals surface area (Å²) in [7, 11) is 0. The van der Waals surface area contributed by atoms with Crippen LogP contribution in [0.1, 0.15) is 30.9 Å². The van der Waals surface area contributed by atoms with Gasteiger partial charge in [-0.2, -0.15) is 0 Å². The van der Waals surface area contributed by atoms with Crippen LogP contribution in [0, 0.1) is 16.0 Å². The second-order valence-corrected chi connectivity index (χ2v) is 6.15. The van der Waals surface area contributed by atoms with Gasteiger partial charge in [0.05, 0.1) is 4.92 Å². The highest BCUT2D eigenvalue weighted by atomic mass is 35.5. The number of benzene rings is 1. The fourth-order valence-corrected chi connectivity index (χ4v) is 3.12. The zero-order chi connectivity index (χ0) is 15.7. The van der Waals surface area contributed by atoms with Crippen LogP contribution in [0.3, 0.4) is 0 Å². The molecule has 1 aliphatic carbocycles. The highest BCUT2D eigenvalue weighted by Gasteiger charge is 2.32. The van der Waals surface area contributed by atoms with Crippen molar-refractivity contribution in [3.63, 3.8) is 0 Å². The van der Waals surface area contributed by atoms with E-state index < -0.39 is 22.1 Å². The van der Waals surface area contributed by atoms with Gasteiger partial charge in [-0.15, -0.1) is 24.8 Å². The first kappa shape index (κ1) is 20.8. The molecule has 1 heterocycles. The average Bonchev–Trinajstić information content (AvgIpc) is 3.32. The normalized spacial score (nSPS) is 19.0. The summed E-state index contributed by atoms with van der Waals surface area (Å²) in [6.45, 7) is 3.56. The summed E-state index contributed by atoms with van der Waals surface area (Å²) in [6.07, 6.45) is 3.35. The molecule has 0 spiro atoms. The molecule has 1 saturated heterocycles. The fourth-order valence-electron chi connectivity index (χ4n) is 3.12. The number of hydrogen-bond acceptors (Lipinski definition) is 6. The number of phenolic OH excluding ortho intramolecular Hbond substituents is 2. The Morgan fingerprint density at radius 1 is 1.25 bits per heavy atom. The molecule has 3 N–H and O–H groups in total. The van der Waals surface area contributed by atoms with Crippen molar-refractivity contribution in [2.24, 2.45) is 5.92 Å². The number of hydrogen-bond donors (Lipinski definition) is 3. The summed E-state index contributed by atoms with van der Waals surface area (Å²) in [5.41, 5.74) is 0.293. The van der Waals surface area contributed by atoms with Crippen LogP contribution in [0.25, 0.3) is 0 Å². The van der Waals surface area contributed by atoms with Crippen molar-refractivity contribution in [2.45, 2.75) is 25.3 Å². The van der Waals surface area contributed by atoms with Gasteiger partial charge in [-0.1, -0.05) is 12.8 Å². The Morgan fingerprint density at radius 2 is 1.88 bits per heavy atom. The number of piperazine rings is 1. The molecule has 0 radical (unpaired) electrons. The van der Waals surface area contributed by atoms with Gasteiger partial charge in [0, 0.05) is 38.3 Å². The standard InChI is InChI=1S/C15H21N3O4.2ClH/c19-14-9-11(8-13(15(14)20)18(21)22)12(7-10-1-2-10)17-5-3-16-4-6-17;;/h8-10,12,16,19-20H,1-7H2;2*1H/t12-;;/m0../s1. The van der Waals surface area contributed by atoms with E-state index in [1.54, 1.807) is 0 Å². The number of nitro benzene ring substituents is 1. The van der Waals surface area contributed by atoms with Crippen LogP contribution in [-0.4, -0.2) is 46.2 Å². The zero-order valence-electron chi connectivity index (χ0n) is 13.2. The Hall–Kier alpha value is -1.28. The van der Waals surface area contributed by atoms with Gasteiger partial charge < -0.3 is 15.5 Å². The largest absolute Gasteiger partial charge is 0.504 e. The third-order valence-corrected chi connectivity index (χ3v) is 4.52. The van der Waals surface area contributed by atoms with Crippen molar-refractivity contribution in [2.75, 3.05) is 26.2 Å². The first-order chi connectivity index (χ1) is 10.6. The Bertz CT molecular complexity index is 578. The van der Waals surface area contributed by atoms with Gasteiger partial charge in [0.1, 0.15) is 0 Å². The first-order valence-electron chi connectivity index (χ1n) is 7.71. The van der Waals surface area contributed by atoms with Crippen molar-refractivity contribution in [3.05, 3.63) is 27.8 Å². The summed E-state index contributed by atoms with van der Waals surface area (Å²) in [6, 6.07) is 2.93. The summed E-state index contributed by atoms with van der Waals surface area (Å²) in [4.78, 5) is 12.7. The first-order valence-corrected chi connectivity index (χ1v) is 7.71. The third kappa shape index (κ3) is 4.63. The smallest absolute Gasteiger partial charge is 0.314 e. The number of rotatable bonds is 5. The molecule has 1 aromatic carbocycles. The highest BCUT2D eigenvalue weighted by molar-refractivity contribution is 5.85. The molecular weight excluding hydrogens is 357 g/mol. The lowest BCUT2D eigenvalue weighted by Crippen LogP contribution is -2.45. The van der Waals surface area contributed by atoms with Crippen molar-refractivity contribution in [3.8, 4) is 11.5 Å². The van der Waals surface area contributed by atoms with E-state index in [1.165, 1.54) is 25.0 Å². The molecule has 0 aromatic heterocycles. The van der Waals surface area contributed by atoms with Gasteiger partial charge in [0.2, 0.25) is 5.75 Å². The minimum absolute atomic E-state index is 0. The van der Waals surface area contributed by atoms with Gasteiger partial charge in [-0.3, -0.25) is 15.0 Å². The SMILES string of the molecule is Cl.Cl.O=[N+]([O-])c1cc([C@H](CC2CC2)N2CCNCC2)cc(O)c1O. The lowest BCUT2D eigenvalue weighted by molar-refractivity contribution is -0.386. The highest BCUT2D eigenvalue weighted by Crippen LogP contribution is 2.44. The zero-order valence-corrected chi connectivity index (χ0v) is 14.8. The predicted molar refractivity (Wildman–Crippen MR) is 95.4 cm³/mol. The van der Waals surface area contributed by atoms with Gasteiger partial charge in [-0.25, -0.2) is 0 Å². The average molecular weight is 380 g/mol. The predicted octanol–water partition coefficient (Wildman–Crippen LogP) is 2.60. The molecule has 136 valence electrons. The van der Waals surface area contributed by atoms with E-state index in [9.17, 15) is 20.3 Å². The quantitative estimate of drug-likeness (QED) is 0.413. The van der Waals surface area contributed by atoms with E-state index in [0.717, 1.165) is 38.2 Å². The molecule has 1 atom stereocenters. The summed E-state index contributed by atoms with van der Waals surface area (Å²) in [5.74, 6) is -0.408. The molecule has 7 nitrogen and oxygen atoms in total. The van der Waals surface area contributed by atoms with Gasteiger partial charge in [0.15, 0.2) is 5.75 Å². The minimum Gasteiger partial charge on any atom is -0.504 e. The monoisotopic (exact) mass is 379 g/mol. The third-order valence-electron chi connectivity index (χ3n) is 4.52.